The molecule has 5 nitrogen and oxygen atoms in total. The van der Waals surface area contributed by atoms with E-state index in [4.69, 9.17) is 0 Å². The lowest BCUT2D eigenvalue weighted by molar-refractivity contribution is -0.121. The molecule has 1 aliphatic heterocycles. The number of carbonyl (C=O) groups is 1. The van der Waals surface area contributed by atoms with Gasteiger partial charge in [-0.05, 0) is 55.3 Å². The monoisotopic (exact) mass is 363 g/mol. The van der Waals surface area contributed by atoms with Crippen LogP contribution in [-0.2, 0) is 11.2 Å². The van der Waals surface area contributed by atoms with Gasteiger partial charge in [-0.2, -0.15) is 5.10 Å². The van der Waals surface area contributed by atoms with Gasteiger partial charge in [0, 0.05) is 23.9 Å². The van der Waals surface area contributed by atoms with Crippen molar-refractivity contribution in [3.8, 4) is 11.3 Å². The summed E-state index contributed by atoms with van der Waals surface area (Å²) in [6.45, 7) is 2.26. The topological polar surface area (TPSA) is 55.2 Å². The number of halogens is 1. The molecule has 136 valence electrons. The molecule has 2 aromatic carbocycles. The Morgan fingerprint density at radius 1 is 1.07 bits per heavy atom. The Morgan fingerprint density at radius 3 is 2.59 bits per heavy atom. The van der Waals surface area contributed by atoms with Crippen LogP contribution in [0.1, 0.15) is 18.5 Å². The van der Waals surface area contributed by atoms with E-state index in [1.807, 2.05) is 24.3 Å². The van der Waals surface area contributed by atoms with Crippen LogP contribution >= 0.6 is 0 Å². The van der Waals surface area contributed by atoms with Gasteiger partial charge in [-0.15, -0.1) is 0 Å². The number of hydrogen-bond donors (Lipinski definition) is 0. The summed E-state index contributed by atoms with van der Waals surface area (Å²) in [5.74, 6) is -0.519. The zero-order valence-corrected chi connectivity index (χ0v) is 14.8. The maximum absolute atomic E-state index is 13.1. The average molecular weight is 363 g/mol. The molecule has 1 aromatic heterocycles. The molecule has 0 fully saturated rings. The van der Waals surface area contributed by atoms with Crippen LogP contribution in [-0.4, -0.2) is 22.2 Å². The minimum Gasteiger partial charge on any atom is -0.310 e. The first-order valence-electron chi connectivity index (χ1n) is 8.80. The van der Waals surface area contributed by atoms with Crippen LogP contribution in [0, 0.1) is 5.82 Å². The molecule has 0 unspecified atom stereocenters. The summed E-state index contributed by atoms with van der Waals surface area (Å²) < 4.78 is 14.3. The van der Waals surface area contributed by atoms with Gasteiger partial charge in [-0.1, -0.05) is 18.2 Å². The predicted octanol–water partition coefficient (Wildman–Crippen LogP) is 3.20. The number of benzene rings is 2. The second kappa shape index (κ2) is 6.79. The number of aromatic nitrogens is 2. The van der Waals surface area contributed by atoms with Crippen molar-refractivity contribution in [1.82, 2.24) is 9.78 Å². The molecular weight excluding hydrogens is 345 g/mol. The van der Waals surface area contributed by atoms with Crippen molar-refractivity contribution in [2.75, 3.05) is 11.4 Å². The van der Waals surface area contributed by atoms with E-state index >= 15 is 0 Å². The lowest BCUT2D eigenvalue weighted by atomic mass is 10.1. The van der Waals surface area contributed by atoms with Crippen molar-refractivity contribution in [2.45, 2.75) is 19.4 Å². The average Bonchev–Trinajstić information content (AvgIpc) is 3.12. The molecule has 1 amide bonds. The highest BCUT2D eigenvalue weighted by Gasteiger charge is 2.29. The van der Waals surface area contributed by atoms with Crippen molar-refractivity contribution < 1.29 is 9.18 Å². The highest BCUT2D eigenvalue weighted by atomic mass is 19.1. The van der Waals surface area contributed by atoms with Crippen LogP contribution in [0.3, 0.4) is 0 Å². The standard InChI is InChI=1S/C21H18FN3O2/c1-14(21(27)24-13-12-16-4-2-3-5-19(16)24)25-20(26)11-10-18(23-25)15-6-8-17(22)9-7-15/h2-11,14H,12-13H2,1H3/t14-/m0/s1. The van der Waals surface area contributed by atoms with Gasteiger partial charge in [0.15, 0.2) is 0 Å². The van der Waals surface area contributed by atoms with E-state index in [0.717, 1.165) is 17.7 Å². The minimum atomic E-state index is -0.746. The van der Waals surface area contributed by atoms with Crippen molar-refractivity contribution in [2.24, 2.45) is 0 Å². The van der Waals surface area contributed by atoms with Gasteiger partial charge in [0.1, 0.15) is 11.9 Å². The molecular formula is C21H18FN3O2. The Balaban J connectivity index is 1.67. The Kier molecular flexibility index (Phi) is 4.32. The molecule has 0 saturated carbocycles. The van der Waals surface area contributed by atoms with E-state index in [-0.39, 0.29) is 17.3 Å². The molecule has 2 heterocycles. The van der Waals surface area contributed by atoms with Crippen molar-refractivity contribution in [3.63, 3.8) is 0 Å². The van der Waals surface area contributed by atoms with Gasteiger partial charge in [0.2, 0.25) is 0 Å². The fourth-order valence-corrected chi connectivity index (χ4v) is 3.37. The lowest BCUT2D eigenvalue weighted by Gasteiger charge is -2.22. The van der Waals surface area contributed by atoms with Crippen LogP contribution in [0.25, 0.3) is 11.3 Å². The molecule has 1 atom stereocenters. The van der Waals surface area contributed by atoms with Gasteiger partial charge >= 0.3 is 0 Å². The van der Waals surface area contributed by atoms with Gasteiger partial charge < -0.3 is 4.90 Å². The number of hydrogen-bond acceptors (Lipinski definition) is 3. The summed E-state index contributed by atoms with van der Waals surface area (Å²) >= 11 is 0. The molecule has 0 bridgehead atoms. The smallest absolute Gasteiger partial charge is 0.267 e. The third-order valence-electron chi connectivity index (χ3n) is 4.84. The van der Waals surface area contributed by atoms with E-state index in [2.05, 4.69) is 5.10 Å². The van der Waals surface area contributed by atoms with Gasteiger partial charge in [-0.3, -0.25) is 9.59 Å². The predicted molar refractivity (Wildman–Crippen MR) is 101 cm³/mol. The zero-order chi connectivity index (χ0) is 19.0. The molecule has 1 aliphatic rings. The normalized spacial score (nSPS) is 14.1. The van der Waals surface area contributed by atoms with E-state index in [1.54, 1.807) is 30.0 Å². The first-order valence-corrected chi connectivity index (χ1v) is 8.80. The summed E-state index contributed by atoms with van der Waals surface area (Å²) in [4.78, 5) is 27.1. The Labute approximate surface area is 155 Å². The van der Waals surface area contributed by atoms with Crippen LogP contribution in [0.15, 0.2) is 65.5 Å². The van der Waals surface area contributed by atoms with Gasteiger partial charge in [-0.25, -0.2) is 9.07 Å². The van der Waals surface area contributed by atoms with Gasteiger partial charge in [0.05, 0.1) is 5.69 Å². The number of nitrogens with zero attached hydrogens (tertiary/aromatic N) is 3. The first kappa shape index (κ1) is 17.1. The second-order valence-corrected chi connectivity index (χ2v) is 6.55. The SMILES string of the molecule is C[C@@H](C(=O)N1CCc2ccccc21)n1nc(-c2ccc(F)cc2)ccc1=O. The number of amides is 1. The molecule has 0 saturated heterocycles. The summed E-state index contributed by atoms with van der Waals surface area (Å²) in [6.07, 6.45) is 0.798. The third-order valence-corrected chi connectivity index (χ3v) is 4.84. The minimum absolute atomic E-state index is 0.175. The summed E-state index contributed by atoms with van der Waals surface area (Å²) in [5, 5.41) is 4.35. The highest BCUT2D eigenvalue weighted by Crippen LogP contribution is 2.29. The molecule has 4 rings (SSSR count). The first-order chi connectivity index (χ1) is 13.0. The van der Waals surface area contributed by atoms with Crippen molar-refractivity contribution in [3.05, 3.63) is 82.4 Å². The molecule has 0 aliphatic carbocycles. The number of rotatable bonds is 3. The van der Waals surface area contributed by atoms with E-state index < -0.39 is 6.04 Å². The maximum atomic E-state index is 13.1. The number of anilines is 1. The maximum Gasteiger partial charge on any atom is 0.267 e. The Bertz CT molecular complexity index is 1060. The molecule has 0 N–H and O–H groups in total. The zero-order valence-electron chi connectivity index (χ0n) is 14.8. The number of carbonyl (C=O) groups excluding carboxylic acids is 1. The molecule has 27 heavy (non-hydrogen) atoms. The summed E-state index contributed by atoms with van der Waals surface area (Å²) in [6, 6.07) is 15.8. The van der Waals surface area contributed by atoms with E-state index in [9.17, 15) is 14.0 Å². The van der Waals surface area contributed by atoms with E-state index in [1.165, 1.54) is 22.9 Å². The van der Waals surface area contributed by atoms with E-state index in [0.29, 0.717) is 17.8 Å². The summed E-state index contributed by atoms with van der Waals surface area (Å²) in [7, 11) is 0. The highest BCUT2D eigenvalue weighted by molar-refractivity contribution is 5.97. The van der Waals surface area contributed by atoms with Crippen LogP contribution in [0.2, 0.25) is 0 Å². The fourth-order valence-electron chi connectivity index (χ4n) is 3.37. The Hall–Kier alpha value is -3.28. The van der Waals surface area contributed by atoms with Crippen molar-refractivity contribution >= 4 is 11.6 Å². The Morgan fingerprint density at radius 2 is 1.81 bits per heavy atom. The summed E-state index contributed by atoms with van der Waals surface area (Å²) in [5.41, 5.74) is 2.84. The molecule has 3 aromatic rings. The second-order valence-electron chi connectivity index (χ2n) is 6.55. The fraction of sp³-hybridized carbons (Fsp3) is 0.190. The quantitative estimate of drug-likeness (QED) is 0.718. The molecule has 6 heteroatoms. The van der Waals surface area contributed by atoms with Gasteiger partial charge in [0.25, 0.3) is 11.5 Å². The largest absolute Gasteiger partial charge is 0.310 e. The van der Waals surface area contributed by atoms with Crippen LogP contribution < -0.4 is 10.5 Å². The molecule has 0 radical (unpaired) electrons. The van der Waals surface area contributed by atoms with Crippen LogP contribution in [0.5, 0.6) is 0 Å². The van der Waals surface area contributed by atoms with Crippen LogP contribution in [0.4, 0.5) is 10.1 Å². The van der Waals surface area contributed by atoms with Crippen molar-refractivity contribution in [1.29, 1.82) is 0 Å². The number of para-hydroxylation sites is 1. The number of fused-ring (bicyclic) bond motifs is 1. The molecule has 0 spiro atoms. The lowest BCUT2D eigenvalue weighted by Crippen LogP contribution is -2.39. The third kappa shape index (κ3) is 3.14.